The Kier molecular flexibility index (Phi) is 5.37. The highest BCUT2D eigenvalue weighted by atomic mass is 79.9. The molecule has 0 radical (unpaired) electrons. The Morgan fingerprint density at radius 1 is 1.30 bits per heavy atom. The lowest BCUT2D eigenvalue weighted by Gasteiger charge is -2.34. The standard InChI is InChI=1S/C14H18BrFN2O2/c1-2-20-14(19)18-5-3-17(4-6-18)10-11-7-12(15)9-13(16)8-11/h7-9H,2-6,10H2,1H3. The molecule has 0 N–H and O–H groups in total. The largest absolute Gasteiger partial charge is 0.450 e. The molecule has 0 aliphatic carbocycles. The number of amides is 1. The van der Waals surface area contributed by atoms with Crippen molar-refractivity contribution in [1.82, 2.24) is 9.80 Å². The molecule has 0 unspecified atom stereocenters. The molecule has 0 bridgehead atoms. The molecule has 1 saturated heterocycles. The summed E-state index contributed by atoms with van der Waals surface area (Å²) in [5.41, 5.74) is 0.932. The fraction of sp³-hybridized carbons (Fsp3) is 0.500. The Hall–Kier alpha value is -1.14. The summed E-state index contributed by atoms with van der Waals surface area (Å²) in [6.45, 7) is 5.73. The topological polar surface area (TPSA) is 32.8 Å². The van der Waals surface area contributed by atoms with E-state index in [1.807, 2.05) is 6.07 Å². The monoisotopic (exact) mass is 344 g/mol. The summed E-state index contributed by atoms with van der Waals surface area (Å²) in [5, 5.41) is 0. The van der Waals surface area contributed by atoms with Crippen molar-refractivity contribution >= 4 is 22.0 Å². The molecule has 1 aliphatic heterocycles. The quantitative estimate of drug-likeness (QED) is 0.845. The first-order chi connectivity index (χ1) is 9.58. The highest BCUT2D eigenvalue weighted by Gasteiger charge is 2.21. The number of benzene rings is 1. The van der Waals surface area contributed by atoms with Gasteiger partial charge in [0.2, 0.25) is 0 Å². The van der Waals surface area contributed by atoms with E-state index in [1.54, 1.807) is 17.9 Å². The lowest BCUT2D eigenvalue weighted by Crippen LogP contribution is -2.48. The van der Waals surface area contributed by atoms with Crippen molar-refractivity contribution in [2.75, 3.05) is 32.8 Å². The maximum atomic E-state index is 13.3. The van der Waals surface area contributed by atoms with E-state index >= 15 is 0 Å². The van der Waals surface area contributed by atoms with Crippen LogP contribution < -0.4 is 0 Å². The first-order valence-corrected chi connectivity index (χ1v) is 7.47. The van der Waals surface area contributed by atoms with Gasteiger partial charge >= 0.3 is 6.09 Å². The zero-order valence-corrected chi connectivity index (χ0v) is 13.0. The lowest BCUT2D eigenvalue weighted by molar-refractivity contribution is 0.0778. The normalized spacial score (nSPS) is 16.2. The summed E-state index contributed by atoms with van der Waals surface area (Å²) in [6.07, 6.45) is -0.249. The minimum Gasteiger partial charge on any atom is -0.450 e. The molecule has 0 atom stereocenters. The van der Waals surface area contributed by atoms with E-state index in [9.17, 15) is 9.18 Å². The highest BCUT2D eigenvalue weighted by Crippen LogP contribution is 2.17. The molecular weight excluding hydrogens is 327 g/mol. The van der Waals surface area contributed by atoms with E-state index in [0.29, 0.717) is 26.2 Å². The minimum absolute atomic E-state index is 0.237. The average Bonchev–Trinajstić information content (AvgIpc) is 2.38. The van der Waals surface area contributed by atoms with Gasteiger partial charge in [0, 0.05) is 37.2 Å². The van der Waals surface area contributed by atoms with Crippen molar-refractivity contribution in [3.05, 3.63) is 34.1 Å². The van der Waals surface area contributed by atoms with Crippen LogP contribution in [0.2, 0.25) is 0 Å². The number of halogens is 2. The summed E-state index contributed by atoms with van der Waals surface area (Å²) in [6, 6.07) is 4.91. The number of rotatable bonds is 3. The molecule has 1 aromatic carbocycles. The number of hydrogen-bond donors (Lipinski definition) is 0. The Morgan fingerprint density at radius 2 is 2.00 bits per heavy atom. The zero-order valence-electron chi connectivity index (χ0n) is 11.4. The maximum Gasteiger partial charge on any atom is 0.409 e. The summed E-state index contributed by atoms with van der Waals surface area (Å²) >= 11 is 3.30. The van der Waals surface area contributed by atoms with E-state index < -0.39 is 0 Å². The smallest absolute Gasteiger partial charge is 0.409 e. The van der Waals surface area contributed by atoms with Gasteiger partial charge in [0.15, 0.2) is 0 Å². The molecule has 20 heavy (non-hydrogen) atoms. The summed E-state index contributed by atoms with van der Waals surface area (Å²) in [7, 11) is 0. The van der Waals surface area contributed by atoms with Crippen LogP contribution in [0.15, 0.2) is 22.7 Å². The Morgan fingerprint density at radius 3 is 2.60 bits per heavy atom. The van der Waals surface area contributed by atoms with Gasteiger partial charge in [0.05, 0.1) is 6.61 Å². The molecule has 2 rings (SSSR count). The molecule has 1 aliphatic rings. The average molecular weight is 345 g/mol. The fourth-order valence-corrected chi connectivity index (χ4v) is 2.78. The van der Waals surface area contributed by atoms with Crippen LogP contribution >= 0.6 is 15.9 Å². The Bertz CT molecular complexity index is 456. The summed E-state index contributed by atoms with van der Waals surface area (Å²) < 4.78 is 19.0. The second kappa shape index (κ2) is 7.04. The number of carbonyl (C=O) groups excluding carboxylic acids is 1. The van der Waals surface area contributed by atoms with Crippen molar-refractivity contribution in [2.45, 2.75) is 13.5 Å². The number of ether oxygens (including phenoxy) is 1. The van der Waals surface area contributed by atoms with Crippen molar-refractivity contribution in [1.29, 1.82) is 0 Å². The molecular formula is C14H18BrFN2O2. The van der Waals surface area contributed by atoms with Crippen LogP contribution in [0.25, 0.3) is 0 Å². The van der Waals surface area contributed by atoms with E-state index in [-0.39, 0.29) is 11.9 Å². The van der Waals surface area contributed by atoms with Crippen LogP contribution in [0.4, 0.5) is 9.18 Å². The number of hydrogen-bond acceptors (Lipinski definition) is 3. The molecule has 110 valence electrons. The van der Waals surface area contributed by atoms with E-state index in [0.717, 1.165) is 23.1 Å². The number of piperazine rings is 1. The Balaban J connectivity index is 1.86. The molecule has 4 nitrogen and oxygen atoms in total. The van der Waals surface area contributed by atoms with Gasteiger partial charge in [0.1, 0.15) is 5.82 Å². The summed E-state index contributed by atoms with van der Waals surface area (Å²) in [5.74, 6) is -0.237. The van der Waals surface area contributed by atoms with Gasteiger partial charge in [-0.2, -0.15) is 0 Å². The van der Waals surface area contributed by atoms with E-state index in [1.165, 1.54) is 6.07 Å². The predicted molar refractivity (Wildman–Crippen MR) is 78.0 cm³/mol. The molecule has 6 heteroatoms. The number of nitrogens with zero attached hydrogens (tertiary/aromatic N) is 2. The summed E-state index contributed by atoms with van der Waals surface area (Å²) in [4.78, 5) is 15.5. The van der Waals surface area contributed by atoms with Gasteiger partial charge in [-0.3, -0.25) is 4.90 Å². The maximum absolute atomic E-state index is 13.3. The van der Waals surface area contributed by atoms with Crippen LogP contribution in [0.3, 0.4) is 0 Å². The van der Waals surface area contributed by atoms with Crippen LogP contribution in [0.1, 0.15) is 12.5 Å². The SMILES string of the molecule is CCOC(=O)N1CCN(Cc2cc(F)cc(Br)c2)CC1. The van der Waals surface area contributed by atoms with Gasteiger partial charge in [-0.05, 0) is 30.7 Å². The number of carbonyl (C=O) groups is 1. The first kappa shape index (κ1) is 15.3. The molecule has 1 amide bonds. The third kappa shape index (κ3) is 4.18. The molecule has 0 spiro atoms. The third-order valence-corrected chi connectivity index (χ3v) is 3.68. The van der Waals surface area contributed by atoms with Crippen LogP contribution in [-0.4, -0.2) is 48.7 Å². The molecule has 0 saturated carbocycles. The molecule has 1 heterocycles. The predicted octanol–water partition coefficient (Wildman–Crippen LogP) is 2.86. The second-order valence-corrected chi connectivity index (χ2v) is 5.66. The van der Waals surface area contributed by atoms with Crippen molar-refractivity contribution in [3.63, 3.8) is 0 Å². The van der Waals surface area contributed by atoms with Crippen LogP contribution in [0, 0.1) is 5.82 Å². The van der Waals surface area contributed by atoms with Gasteiger partial charge in [-0.1, -0.05) is 15.9 Å². The van der Waals surface area contributed by atoms with Gasteiger partial charge < -0.3 is 9.64 Å². The van der Waals surface area contributed by atoms with Crippen LogP contribution in [0.5, 0.6) is 0 Å². The molecule has 0 aromatic heterocycles. The van der Waals surface area contributed by atoms with Crippen molar-refractivity contribution in [2.24, 2.45) is 0 Å². The minimum atomic E-state index is -0.249. The second-order valence-electron chi connectivity index (χ2n) is 4.74. The van der Waals surface area contributed by atoms with Gasteiger partial charge in [-0.15, -0.1) is 0 Å². The van der Waals surface area contributed by atoms with Crippen LogP contribution in [-0.2, 0) is 11.3 Å². The molecule has 1 fully saturated rings. The first-order valence-electron chi connectivity index (χ1n) is 6.67. The van der Waals surface area contributed by atoms with Crippen molar-refractivity contribution in [3.8, 4) is 0 Å². The molecule has 1 aromatic rings. The van der Waals surface area contributed by atoms with E-state index in [2.05, 4.69) is 20.8 Å². The highest BCUT2D eigenvalue weighted by molar-refractivity contribution is 9.10. The fourth-order valence-electron chi connectivity index (χ4n) is 2.26. The van der Waals surface area contributed by atoms with E-state index in [4.69, 9.17) is 4.74 Å². The third-order valence-electron chi connectivity index (χ3n) is 3.23. The Labute approximate surface area is 126 Å². The van der Waals surface area contributed by atoms with Gasteiger partial charge in [0.25, 0.3) is 0 Å². The lowest BCUT2D eigenvalue weighted by atomic mass is 10.2. The zero-order chi connectivity index (χ0) is 14.5. The van der Waals surface area contributed by atoms with Crippen molar-refractivity contribution < 1.29 is 13.9 Å². The van der Waals surface area contributed by atoms with Gasteiger partial charge in [-0.25, -0.2) is 9.18 Å².